The summed E-state index contributed by atoms with van der Waals surface area (Å²) in [5, 5.41) is 0. The topological polar surface area (TPSA) is 48.1 Å². The maximum atomic E-state index is 11.3. The van der Waals surface area contributed by atoms with E-state index in [-0.39, 0.29) is 5.97 Å². The largest absolute Gasteiger partial charge is 0.462 e. The number of ether oxygens (including phenoxy) is 3. The summed E-state index contributed by atoms with van der Waals surface area (Å²) in [6, 6.07) is 0. The van der Waals surface area contributed by atoms with Gasteiger partial charge in [-0.15, -0.1) is 0 Å². The molecule has 0 amide bonds. The van der Waals surface area contributed by atoms with E-state index in [9.17, 15) is 4.79 Å². The van der Waals surface area contributed by atoms with Crippen LogP contribution in [-0.2, 0) is 19.0 Å². The zero-order valence-corrected chi connectivity index (χ0v) is 11.7. The lowest BCUT2D eigenvalue weighted by molar-refractivity contribution is -0.140. The molecule has 0 radical (unpaired) electrons. The SMILES string of the molecule is C=C(C)C(=O)OCC1CCC(COCC2CO2)CC1. The molecule has 1 saturated carbocycles. The maximum absolute atomic E-state index is 11.3. The predicted molar refractivity (Wildman–Crippen MR) is 71.8 cm³/mol. The van der Waals surface area contributed by atoms with Crippen LogP contribution in [0.3, 0.4) is 0 Å². The Morgan fingerprint density at radius 2 is 1.74 bits per heavy atom. The Labute approximate surface area is 115 Å². The van der Waals surface area contributed by atoms with Crippen molar-refractivity contribution < 1.29 is 19.0 Å². The first-order chi connectivity index (χ1) is 9.15. The monoisotopic (exact) mass is 268 g/mol. The molecular weight excluding hydrogens is 244 g/mol. The van der Waals surface area contributed by atoms with Crippen LogP contribution in [0, 0.1) is 11.8 Å². The lowest BCUT2D eigenvalue weighted by Crippen LogP contribution is -2.23. The van der Waals surface area contributed by atoms with Gasteiger partial charge in [0.25, 0.3) is 0 Å². The summed E-state index contributed by atoms with van der Waals surface area (Å²) in [5.74, 6) is 0.896. The maximum Gasteiger partial charge on any atom is 0.333 e. The molecule has 2 rings (SSSR count). The Morgan fingerprint density at radius 1 is 1.16 bits per heavy atom. The van der Waals surface area contributed by atoms with Crippen molar-refractivity contribution in [2.45, 2.75) is 38.7 Å². The Hall–Kier alpha value is -0.870. The van der Waals surface area contributed by atoms with E-state index in [0.717, 1.165) is 32.7 Å². The molecule has 1 aliphatic heterocycles. The third-order valence-corrected chi connectivity index (χ3v) is 3.82. The van der Waals surface area contributed by atoms with E-state index in [1.165, 1.54) is 12.8 Å². The van der Waals surface area contributed by atoms with Crippen molar-refractivity contribution in [1.82, 2.24) is 0 Å². The highest BCUT2D eigenvalue weighted by Gasteiger charge is 2.25. The highest BCUT2D eigenvalue weighted by Crippen LogP contribution is 2.29. The van der Waals surface area contributed by atoms with Gasteiger partial charge in [-0.3, -0.25) is 0 Å². The quantitative estimate of drug-likeness (QED) is 0.404. The highest BCUT2D eigenvalue weighted by atomic mass is 16.6. The molecule has 19 heavy (non-hydrogen) atoms. The van der Waals surface area contributed by atoms with Gasteiger partial charge in [-0.1, -0.05) is 6.58 Å². The predicted octanol–water partition coefficient (Wildman–Crippen LogP) is 2.33. The molecule has 0 aromatic carbocycles. The summed E-state index contributed by atoms with van der Waals surface area (Å²) < 4.78 is 16.0. The number of epoxide rings is 1. The summed E-state index contributed by atoms with van der Waals surface area (Å²) >= 11 is 0. The number of carbonyl (C=O) groups is 1. The summed E-state index contributed by atoms with van der Waals surface area (Å²) in [5.41, 5.74) is 0.476. The van der Waals surface area contributed by atoms with Crippen LogP contribution in [0.2, 0.25) is 0 Å². The van der Waals surface area contributed by atoms with Crippen LogP contribution < -0.4 is 0 Å². The Kier molecular flexibility index (Phi) is 5.40. The van der Waals surface area contributed by atoms with Gasteiger partial charge in [0.15, 0.2) is 0 Å². The Balaban J connectivity index is 1.54. The van der Waals surface area contributed by atoms with Crippen molar-refractivity contribution in [2.75, 3.05) is 26.4 Å². The number of carbonyl (C=O) groups excluding carboxylic acids is 1. The summed E-state index contributed by atoms with van der Waals surface area (Å²) in [7, 11) is 0. The van der Waals surface area contributed by atoms with Crippen molar-refractivity contribution in [3.8, 4) is 0 Å². The molecule has 0 aromatic heterocycles. The van der Waals surface area contributed by atoms with Crippen LogP contribution in [0.4, 0.5) is 0 Å². The van der Waals surface area contributed by atoms with Gasteiger partial charge in [-0.05, 0) is 44.4 Å². The number of rotatable bonds is 7. The Bertz CT molecular complexity index is 314. The van der Waals surface area contributed by atoms with Crippen LogP contribution in [-0.4, -0.2) is 38.5 Å². The molecule has 0 aromatic rings. The van der Waals surface area contributed by atoms with E-state index in [2.05, 4.69) is 6.58 Å². The normalized spacial score (nSPS) is 29.8. The van der Waals surface area contributed by atoms with Crippen LogP contribution in [0.1, 0.15) is 32.6 Å². The fraction of sp³-hybridized carbons (Fsp3) is 0.800. The van der Waals surface area contributed by atoms with Crippen LogP contribution in [0.25, 0.3) is 0 Å². The molecule has 4 nitrogen and oxygen atoms in total. The smallest absolute Gasteiger partial charge is 0.333 e. The minimum atomic E-state index is -0.269. The van der Waals surface area contributed by atoms with E-state index < -0.39 is 0 Å². The molecule has 2 fully saturated rings. The fourth-order valence-electron chi connectivity index (χ4n) is 2.41. The second kappa shape index (κ2) is 7.06. The second-order valence-electron chi connectivity index (χ2n) is 5.76. The number of hydrogen-bond acceptors (Lipinski definition) is 4. The van der Waals surface area contributed by atoms with E-state index in [4.69, 9.17) is 14.2 Å². The summed E-state index contributed by atoms with van der Waals surface area (Å²) in [4.78, 5) is 11.3. The molecule has 2 aliphatic rings. The van der Waals surface area contributed by atoms with Gasteiger partial charge >= 0.3 is 5.97 Å². The highest BCUT2D eigenvalue weighted by molar-refractivity contribution is 5.86. The van der Waals surface area contributed by atoms with Crippen LogP contribution >= 0.6 is 0 Å². The molecule has 1 atom stereocenters. The van der Waals surface area contributed by atoms with Crippen molar-refractivity contribution in [2.24, 2.45) is 11.8 Å². The molecule has 1 heterocycles. The van der Waals surface area contributed by atoms with Gasteiger partial charge < -0.3 is 14.2 Å². The minimum Gasteiger partial charge on any atom is -0.462 e. The zero-order valence-electron chi connectivity index (χ0n) is 11.7. The minimum absolute atomic E-state index is 0.269. The average molecular weight is 268 g/mol. The van der Waals surface area contributed by atoms with E-state index in [1.807, 2.05) is 0 Å². The first-order valence-corrected chi connectivity index (χ1v) is 7.17. The lowest BCUT2D eigenvalue weighted by Gasteiger charge is -2.28. The van der Waals surface area contributed by atoms with E-state index >= 15 is 0 Å². The third-order valence-electron chi connectivity index (χ3n) is 3.82. The van der Waals surface area contributed by atoms with Gasteiger partial charge in [0.1, 0.15) is 6.10 Å². The fourth-order valence-corrected chi connectivity index (χ4v) is 2.41. The lowest BCUT2D eigenvalue weighted by atomic mass is 9.83. The first kappa shape index (κ1) is 14.5. The Morgan fingerprint density at radius 3 is 2.26 bits per heavy atom. The average Bonchev–Trinajstić information content (AvgIpc) is 3.21. The molecule has 108 valence electrons. The van der Waals surface area contributed by atoms with Crippen LogP contribution in [0.5, 0.6) is 0 Å². The first-order valence-electron chi connectivity index (χ1n) is 7.17. The molecule has 0 bridgehead atoms. The van der Waals surface area contributed by atoms with Crippen molar-refractivity contribution >= 4 is 5.97 Å². The molecule has 1 saturated heterocycles. The molecular formula is C15H24O4. The van der Waals surface area contributed by atoms with Gasteiger partial charge in [0, 0.05) is 12.2 Å². The van der Waals surface area contributed by atoms with Crippen LogP contribution in [0.15, 0.2) is 12.2 Å². The summed E-state index contributed by atoms with van der Waals surface area (Å²) in [6.45, 7) is 8.25. The molecule has 0 N–H and O–H groups in total. The number of esters is 1. The van der Waals surface area contributed by atoms with Gasteiger partial charge in [-0.2, -0.15) is 0 Å². The van der Waals surface area contributed by atoms with Crippen molar-refractivity contribution in [1.29, 1.82) is 0 Å². The van der Waals surface area contributed by atoms with E-state index in [1.54, 1.807) is 6.92 Å². The van der Waals surface area contributed by atoms with Gasteiger partial charge in [0.2, 0.25) is 0 Å². The van der Waals surface area contributed by atoms with Crippen molar-refractivity contribution in [3.63, 3.8) is 0 Å². The molecule has 1 aliphatic carbocycles. The summed E-state index contributed by atoms with van der Waals surface area (Å²) in [6.07, 6.45) is 4.94. The van der Waals surface area contributed by atoms with Gasteiger partial charge in [0.05, 0.1) is 19.8 Å². The number of hydrogen-bond donors (Lipinski definition) is 0. The molecule has 4 heteroatoms. The second-order valence-corrected chi connectivity index (χ2v) is 5.76. The third kappa shape index (κ3) is 5.33. The van der Waals surface area contributed by atoms with E-state index in [0.29, 0.717) is 30.1 Å². The van der Waals surface area contributed by atoms with Crippen molar-refractivity contribution in [3.05, 3.63) is 12.2 Å². The molecule has 1 unspecified atom stereocenters. The van der Waals surface area contributed by atoms with Gasteiger partial charge in [-0.25, -0.2) is 4.79 Å². The molecule has 0 spiro atoms. The zero-order chi connectivity index (χ0) is 13.7. The standard InChI is InChI=1S/C15H24O4/c1-11(2)15(16)19-8-13-5-3-12(4-6-13)7-17-9-14-10-18-14/h12-14H,1,3-10H2,2H3.